The van der Waals surface area contributed by atoms with Crippen molar-refractivity contribution in [1.82, 2.24) is 20.2 Å². The van der Waals surface area contributed by atoms with Crippen molar-refractivity contribution >= 4 is 11.6 Å². The molecule has 0 spiro atoms. The van der Waals surface area contributed by atoms with Crippen LogP contribution in [0.3, 0.4) is 0 Å². The Balaban J connectivity index is 1.65. The smallest absolute Gasteiger partial charge is 0.292 e. The third kappa shape index (κ3) is 3.30. The highest BCUT2D eigenvalue weighted by Crippen LogP contribution is 2.13. The number of H-pyrrole nitrogens is 1. The van der Waals surface area contributed by atoms with Crippen molar-refractivity contribution in [1.29, 1.82) is 0 Å². The van der Waals surface area contributed by atoms with Crippen molar-refractivity contribution < 1.29 is 4.79 Å². The fraction of sp³-hybridized carbons (Fsp3) is 0.0667. The number of carbonyl (C=O) groups is 1. The van der Waals surface area contributed by atoms with Crippen LogP contribution in [-0.2, 0) is 6.42 Å². The molecule has 2 aromatic heterocycles. The lowest BCUT2D eigenvalue weighted by Gasteiger charge is -2.05. The van der Waals surface area contributed by atoms with Gasteiger partial charge in [-0.1, -0.05) is 12.1 Å². The van der Waals surface area contributed by atoms with Gasteiger partial charge in [-0.25, -0.2) is 4.98 Å². The molecule has 0 saturated carbocycles. The molecule has 0 aliphatic rings. The number of hydrogen-bond donors (Lipinski definition) is 2. The van der Waals surface area contributed by atoms with Crippen LogP contribution in [0.5, 0.6) is 0 Å². The summed E-state index contributed by atoms with van der Waals surface area (Å²) >= 11 is 0. The van der Waals surface area contributed by atoms with Gasteiger partial charge in [0.2, 0.25) is 5.82 Å². The van der Waals surface area contributed by atoms with Crippen LogP contribution in [0.2, 0.25) is 0 Å². The van der Waals surface area contributed by atoms with Gasteiger partial charge in [-0.05, 0) is 41.8 Å². The number of benzene rings is 1. The van der Waals surface area contributed by atoms with Crippen LogP contribution >= 0.6 is 0 Å². The van der Waals surface area contributed by atoms with Crippen molar-refractivity contribution in [2.75, 3.05) is 5.32 Å². The van der Waals surface area contributed by atoms with E-state index in [0.717, 1.165) is 12.1 Å². The SMILES string of the molecule is O=C(Nc1ccc(Cc2ccncc2)cc1)c1ncn[nH]1. The van der Waals surface area contributed by atoms with Gasteiger partial charge in [0.1, 0.15) is 6.33 Å². The van der Waals surface area contributed by atoms with E-state index in [1.54, 1.807) is 12.4 Å². The van der Waals surface area contributed by atoms with Crippen molar-refractivity contribution in [2.24, 2.45) is 0 Å². The van der Waals surface area contributed by atoms with E-state index in [1.165, 1.54) is 17.5 Å². The second-order valence-electron chi connectivity index (χ2n) is 4.52. The molecule has 0 aliphatic carbocycles. The van der Waals surface area contributed by atoms with Crippen LogP contribution in [0, 0.1) is 0 Å². The van der Waals surface area contributed by atoms with Gasteiger partial charge in [-0.2, -0.15) is 5.10 Å². The minimum absolute atomic E-state index is 0.191. The third-order valence-corrected chi connectivity index (χ3v) is 3.00. The molecule has 3 rings (SSSR count). The largest absolute Gasteiger partial charge is 0.319 e. The fourth-order valence-corrected chi connectivity index (χ4v) is 1.95. The molecule has 0 radical (unpaired) electrons. The van der Waals surface area contributed by atoms with Gasteiger partial charge in [-0.15, -0.1) is 0 Å². The molecule has 6 nitrogen and oxygen atoms in total. The molecular formula is C15H13N5O. The molecule has 0 aliphatic heterocycles. The van der Waals surface area contributed by atoms with Gasteiger partial charge < -0.3 is 5.32 Å². The molecule has 0 saturated heterocycles. The number of aromatic amines is 1. The summed E-state index contributed by atoms with van der Waals surface area (Å²) in [6.07, 6.45) is 5.69. The van der Waals surface area contributed by atoms with E-state index in [4.69, 9.17) is 0 Å². The highest BCUT2D eigenvalue weighted by atomic mass is 16.2. The van der Waals surface area contributed by atoms with E-state index >= 15 is 0 Å². The first-order valence-electron chi connectivity index (χ1n) is 6.46. The molecule has 21 heavy (non-hydrogen) atoms. The summed E-state index contributed by atoms with van der Waals surface area (Å²) in [7, 11) is 0. The molecule has 2 N–H and O–H groups in total. The lowest BCUT2D eigenvalue weighted by molar-refractivity contribution is 0.101. The zero-order chi connectivity index (χ0) is 14.5. The summed E-state index contributed by atoms with van der Waals surface area (Å²) in [5, 5.41) is 8.92. The standard InChI is InChI=1S/C15H13N5O/c21-15(14-17-10-18-20-14)19-13-3-1-11(2-4-13)9-12-5-7-16-8-6-12/h1-8,10H,9H2,(H,19,21)(H,17,18,20). The minimum atomic E-state index is -0.311. The summed E-state index contributed by atoms with van der Waals surface area (Å²) in [6.45, 7) is 0. The average Bonchev–Trinajstić information content (AvgIpc) is 3.05. The molecule has 0 bridgehead atoms. The number of pyridine rings is 1. The zero-order valence-corrected chi connectivity index (χ0v) is 11.2. The first-order valence-corrected chi connectivity index (χ1v) is 6.46. The van der Waals surface area contributed by atoms with Gasteiger partial charge in [-0.3, -0.25) is 14.9 Å². The molecule has 2 heterocycles. The number of anilines is 1. The van der Waals surface area contributed by atoms with Gasteiger partial charge in [0.15, 0.2) is 0 Å². The van der Waals surface area contributed by atoms with E-state index in [0.29, 0.717) is 0 Å². The summed E-state index contributed by atoms with van der Waals surface area (Å²) < 4.78 is 0. The number of nitrogens with one attached hydrogen (secondary N) is 2. The van der Waals surface area contributed by atoms with Crippen LogP contribution in [0.15, 0.2) is 55.1 Å². The summed E-state index contributed by atoms with van der Waals surface area (Å²) in [5.41, 5.74) is 3.08. The lowest BCUT2D eigenvalue weighted by atomic mass is 10.1. The minimum Gasteiger partial charge on any atom is -0.319 e. The molecule has 1 amide bonds. The Morgan fingerprint density at radius 2 is 1.76 bits per heavy atom. The maximum Gasteiger partial charge on any atom is 0.292 e. The monoisotopic (exact) mass is 279 g/mol. The molecule has 3 aromatic rings. The number of hydrogen-bond acceptors (Lipinski definition) is 4. The molecule has 1 aromatic carbocycles. The average molecular weight is 279 g/mol. The third-order valence-electron chi connectivity index (χ3n) is 3.00. The second-order valence-corrected chi connectivity index (χ2v) is 4.52. The maximum atomic E-state index is 11.8. The van der Waals surface area contributed by atoms with Crippen LogP contribution in [0.1, 0.15) is 21.7 Å². The summed E-state index contributed by atoms with van der Waals surface area (Å²) in [6, 6.07) is 11.7. The maximum absolute atomic E-state index is 11.8. The molecule has 0 atom stereocenters. The molecule has 0 fully saturated rings. The topological polar surface area (TPSA) is 83.6 Å². The first-order chi connectivity index (χ1) is 10.3. The number of aromatic nitrogens is 4. The number of nitrogens with zero attached hydrogens (tertiary/aromatic N) is 3. The Kier molecular flexibility index (Phi) is 3.68. The highest BCUT2D eigenvalue weighted by Gasteiger charge is 2.08. The highest BCUT2D eigenvalue weighted by molar-refractivity contribution is 6.01. The number of amides is 1. The Morgan fingerprint density at radius 3 is 2.43 bits per heavy atom. The van der Waals surface area contributed by atoms with Crippen LogP contribution < -0.4 is 5.32 Å². The van der Waals surface area contributed by atoms with Gasteiger partial charge in [0, 0.05) is 18.1 Å². The van der Waals surface area contributed by atoms with Crippen LogP contribution in [0.4, 0.5) is 5.69 Å². The predicted molar refractivity (Wildman–Crippen MR) is 77.8 cm³/mol. The molecule has 6 heteroatoms. The quantitative estimate of drug-likeness (QED) is 0.765. The van der Waals surface area contributed by atoms with Crippen LogP contribution in [-0.4, -0.2) is 26.1 Å². The van der Waals surface area contributed by atoms with E-state index in [2.05, 4.69) is 25.5 Å². The van der Waals surface area contributed by atoms with Crippen molar-refractivity contribution in [3.63, 3.8) is 0 Å². The Labute approximate surface area is 121 Å². The molecule has 0 unspecified atom stereocenters. The Morgan fingerprint density at radius 1 is 1.05 bits per heavy atom. The Bertz CT molecular complexity index is 708. The number of rotatable bonds is 4. The van der Waals surface area contributed by atoms with E-state index in [9.17, 15) is 4.79 Å². The normalized spacial score (nSPS) is 10.3. The molecular weight excluding hydrogens is 266 g/mol. The lowest BCUT2D eigenvalue weighted by Crippen LogP contribution is -2.13. The summed E-state index contributed by atoms with van der Waals surface area (Å²) in [4.78, 5) is 19.6. The number of carbonyl (C=O) groups excluding carboxylic acids is 1. The van der Waals surface area contributed by atoms with Crippen molar-refractivity contribution in [3.8, 4) is 0 Å². The van der Waals surface area contributed by atoms with Crippen molar-refractivity contribution in [3.05, 3.63) is 72.1 Å². The fourth-order valence-electron chi connectivity index (χ4n) is 1.95. The molecule has 104 valence electrons. The van der Waals surface area contributed by atoms with E-state index in [1.807, 2.05) is 36.4 Å². The van der Waals surface area contributed by atoms with Gasteiger partial charge in [0.25, 0.3) is 5.91 Å². The second kappa shape index (κ2) is 5.96. The van der Waals surface area contributed by atoms with Crippen LogP contribution in [0.25, 0.3) is 0 Å². The van der Waals surface area contributed by atoms with E-state index in [-0.39, 0.29) is 11.7 Å². The van der Waals surface area contributed by atoms with Gasteiger partial charge in [0.05, 0.1) is 0 Å². The van der Waals surface area contributed by atoms with E-state index < -0.39 is 0 Å². The van der Waals surface area contributed by atoms with Crippen molar-refractivity contribution in [2.45, 2.75) is 6.42 Å². The summed E-state index contributed by atoms with van der Waals surface area (Å²) in [5.74, 6) is -0.120. The predicted octanol–water partition coefficient (Wildman–Crippen LogP) is 2.04. The Hall–Kier alpha value is -3.02. The zero-order valence-electron chi connectivity index (χ0n) is 11.2. The first kappa shape index (κ1) is 13.0. The van der Waals surface area contributed by atoms with Gasteiger partial charge >= 0.3 is 0 Å².